The highest BCUT2D eigenvalue weighted by molar-refractivity contribution is 9.10. The number of anilines is 1. The number of rotatable bonds is 2. The van der Waals surface area contributed by atoms with Crippen molar-refractivity contribution in [3.05, 3.63) is 64.9 Å². The lowest BCUT2D eigenvalue weighted by Crippen LogP contribution is -2.26. The van der Waals surface area contributed by atoms with Crippen LogP contribution in [-0.2, 0) is 0 Å². The predicted molar refractivity (Wildman–Crippen MR) is 86.4 cm³/mol. The molecular formula is C16H12BrN3O. The summed E-state index contributed by atoms with van der Waals surface area (Å²) in [6.45, 7) is 0. The maximum atomic E-state index is 12.5. The van der Waals surface area contributed by atoms with Crippen molar-refractivity contribution in [2.24, 2.45) is 0 Å². The number of fused-ring (bicyclic) bond motifs is 1. The molecular weight excluding hydrogens is 330 g/mol. The predicted octanol–water partition coefficient (Wildman–Crippen LogP) is 3.67. The first-order chi connectivity index (χ1) is 10.1. The van der Waals surface area contributed by atoms with Gasteiger partial charge in [-0.3, -0.25) is 14.8 Å². The number of amides is 1. The van der Waals surface area contributed by atoms with Crippen LogP contribution in [0.25, 0.3) is 11.0 Å². The molecule has 5 heteroatoms. The molecule has 0 radical (unpaired) electrons. The second kappa shape index (κ2) is 5.61. The molecule has 3 rings (SSSR count). The zero-order chi connectivity index (χ0) is 14.8. The van der Waals surface area contributed by atoms with Crippen LogP contribution in [-0.4, -0.2) is 22.9 Å². The maximum Gasteiger partial charge on any atom is 0.258 e. The van der Waals surface area contributed by atoms with Crippen LogP contribution in [0.1, 0.15) is 10.4 Å². The molecule has 2 aromatic carbocycles. The third-order valence-electron chi connectivity index (χ3n) is 3.22. The molecule has 104 valence electrons. The fourth-order valence-corrected chi connectivity index (χ4v) is 2.49. The molecule has 0 bridgehead atoms. The summed E-state index contributed by atoms with van der Waals surface area (Å²) in [4.78, 5) is 22.6. The van der Waals surface area contributed by atoms with Gasteiger partial charge in [-0.1, -0.05) is 22.0 Å². The largest absolute Gasteiger partial charge is 0.311 e. The molecule has 1 amide bonds. The number of hydrogen-bond acceptors (Lipinski definition) is 3. The highest BCUT2D eigenvalue weighted by atomic mass is 79.9. The molecule has 0 saturated heterocycles. The monoisotopic (exact) mass is 341 g/mol. The molecule has 0 unspecified atom stereocenters. The highest BCUT2D eigenvalue weighted by Crippen LogP contribution is 2.21. The van der Waals surface area contributed by atoms with Gasteiger partial charge >= 0.3 is 0 Å². The quantitative estimate of drug-likeness (QED) is 0.714. The van der Waals surface area contributed by atoms with E-state index in [2.05, 4.69) is 25.9 Å². The minimum atomic E-state index is -0.0699. The molecule has 0 fully saturated rings. The van der Waals surface area contributed by atoms with E-state index in [4.69, 9.17) is 0 Å². The topological polar surface area (TPSA) is 46.1 Å². The average molecular weight is 342 g/mol. The van der Waals surface area contributed by atoms with Crippen LogP contribution in [0, 0.1) is 0 Å². The zero-order valence-corrected chi connectivity index (χ0v) is 12.9. The number of nitrogens with zero attached hydrogens (tertiary/aromatic N) is 3. The number of halogens is 1. The lowest BCUT2D eigenvalue weighted by Gasteiger charge is -2.17. The normalized spacial score (nSPS) is 10.6. The van der Waals surface area contributed by atoms with Crippen LogP contribution in [0.4, 0.5) is 5.69 Å². The van der Waals surface area contributed by atoms with Crippen LogP contribution in [0.2, 0.25) is 0 Å². The van der Waals surface area contributed by atoms with Gasteiger partial charge in [-0.25, -0.2) is 0 Å². The molecule has 1 heterocycles. The second-order valence-electron chi connectivity index (χ2n) is 4.60. The molecule has 0 aliphatic rings. The van der Waals surface area contributed by atoms with E-state index in [9.17, 15) is 4.79 Å². The third kappa shape index (κ3) is 2.78. The van der Waals surface area contributed by atoms with Crippen molar-refractivity contribution in [3.8, 4) is 0 Å². The summed E-state index contributed by atoms with van der Waals surface area (Å²) >= 11 is 3.38. The summed E-state index contributed by atoms with van der Waals surface area (Å²) in [6.07, 6.45) is 3.29. The first kappa shape index (κ1) is 13.7. The Bertz CT molecular complexity index is 819. The van der Waals surface area contributed by atoms with Crippen molar-refractivity contribution >= 4 is 38.6 Å². The van der Waals surface area contributed by atoms with Crippen LogP contribution < -0.4 is 4.90 Å². The Kier molecular flexibility index (Phi) is 3.66. The molecule has 0 saturated carbocycles. The standard InChI is InChI=1S/C16H12BrN3O/c1-20(16(21)11-3-2-4-12(17)9-11)13-5-6-14-15(10-13)19-8-7-18-14/h2-10H,1H3. The van der Waals surface area contributed by atoms with Gasteiger partial charge in [0.05, 0.1) is 11.0 Å². The van der Waals surface area contributed by atoms with Gasteiger partial charge in [0.25, 0.3) is 5.91 Å². The van der Waals surface area contributed by atoms with E-state index < -0.39 is 0 Å². The van der Waals surface area contributed by atoms with Gasteiger partial charge in [-0.15, -0.1) is 0 Å². The van der Waals surface area contributed by atoms with Gasteiger partial charge in [0.2, 0.25) is 0 Å². The summed E-state index contributed by atoms with van der Waals surface area (Å²) in [5, 5.41) is 0. The Labute approximate surface area is 130 Å². The summed E-state index contributed by atoms with van der Waals surface area (Å²) in [6, 6.07) is 12.9. The van der Waals surface area contributed by atoms with E-state index >= 15 is 0 Å². The Balaban J connectivity index is 1.96. The van der Waals surface area contributed by atoms with Gasteiger partial charge in [0, 0.05) is 35.2 Å². The van der Waals surface area contributed by atoms with E-state index in [0.29, 0.717) is 5.56 Å². The lowest BCUT2D eigenvalue weighted by molar-refractivity contribution is 0.0993. The van der Waals surface area contributed by atoms with E-state index in [0.717, 1.165) is 21.2 Å². The second-order valence-corrected chi connectivity index (χ2v) is 5.52. The SMILES string of the molecule is CN(C(=O)c1cccc(Br)c1)c1ccc2nccnc2c1. The summed E-state index contributed by atoms with van der Waals surface area (Å²) < 4.78 is 0.881. The molecule has 0 atom stereocenters. The highest BCUT2D eigenvalue weighted by Gasteiger charge is 2.14. The minimum absolute atomic E-state index is 0.0699. The van der Waals surface area contributed by atoms with Crippen molar-refractivity contribution in [2.45, 2.75) is 0 Å². The third-order valence-corrected chi connectivity index (χ3v) is 3.71. The molecule has 0 spiro atoms. The molecule has 3 aromatic rings. The molecule has 1 aromatic heterocycles. The first-order valence-electron chi connectivity index (χ1n) is 6.39. The lowest BCUT2D eigenvalue weighted by atomic mass is 10.2. The Morgan fingerprint density at radius 3 is 2.57 bits per heavy atom. The van der Waals surface area contributed by atoms with Crippen LogP contribution in [0.5, 0.6) is 0 Å². The Morgan fingerprint density at radius 1 is 1.05 bits per heavy atom. The van der Waals surface area contributed by atoms with Crippen molar-refractivity contribution in [3.63, 3.8) is 0 Å². The molecule has 0 aliphatic carbocycles. The van der Waals surface area contributed by atoms with Gasteiger partial charge < -0.3 is 4.90 Å². The number of hydrogen-bond donors (Lipinski definition) is 0. The van der Waals surface area contributed by atoms with E-state index in [1.807, 2.05) is 30.3 Å². The molecule has 4 nitrogen and oxygen atoms in total. The van der Waals surface area contributed by atoms with E-state index in [1.165, 1.54) is 0 Å². The number of aromatic nitrogens is 2. The number of benzene rings is 2. The summed E-state index contributed by atoms with van der Waals surface area (Å²) in [7, 11) is 1.75. The number of carbonyl (C=O) groups excluding carboxylic acids is 1. The van der Waals surface area contributed by atoms with Crippen LogP contribution in [0.15, 0.2) is 59.3 Å². The fourth-order valence-electron chi connectivity index (χ4n) is 2.09. The Hall–Kier alpha value is -2.27. The van der Waals surface area contributed by atoms with Crippen LogP contribution >= 0.6 is 15.9 Å². The van der Waals surface area contributed by atoms with Gasteiger partial charge in [-0.05, 0) is 36.4 Å². The maximum absolute atomic E-state index is 12.5. The van der Waals surface area contributed by atoms with Gasteiger partial charge in [0.15, 0.2) is 0 Å². The smallest absolute Gasteiger partial charge is 0.258 e. The fraction of sp³-hybridized carbons (Fsp3) is 0.0625. The zero-order valence-electron chi connectivity index (χ0n) is 11.3. The van der Waals surface area contributed by atoms with Crippen molar-refractivity contribution in [1.29, 1.82) is 0 Å². The molecule has 21 heavy (non-hydrogen) atoms. The molecule has 0 N–H and O–H groups in total. The summed E-state index contributed by atoms with van der Waals surface area (Å²) in [5.41, 5.74) is 2.99. The van der Waals surface area contributed by atoms with Crippen molar-refractivity contribution < 1.29 is 4.79 Å². The van der Waals surface area contributed by atoms with Gasteiger partial charge in [0.1, 0.15) is 0 Å². The van der Waals surface area contributed by atoms with Crippen molar-refractivity contribution in [2.75, 3.05) is 11.9 Å². The minimum Gasteiger partial charge on any atom is -0.311 e. The number of carbonyl (C=O) groups is 1. The van der Waals surface area contributed by atoms with E-state index in [1.54, 1.807) is 36.5 Å². The summed E-state index contributed by atoms with van der Waals surface area (Å²) in [5.74, 6) is -0.0699. The van der Waals surface area contributed by atoms with E-state index in [-0.39, 0.29) is 5.91 Å². The average Bonchev–Trinajstić information content (AvgIpc) is 2.53. The molecule has 0 aliphatic heterocycles. The van der Waals surface area contributed by atoms with Crippen molar-refractivity contribution in [1.82, 2.24) is 9.97 Å². The van der Waals surface area contributed by atoms with Gasteiger partial charge in [-0.2, -0.15) is 0 Å². The van der Waals surface area contributed by atoms with Crippen LogP contribution in [0.3, 0.4) is 0 Å². The Morgan fingerprint density at radius 2 is 1.81 bits per heavy atom. The first-order valence-corrected chi connectivity index (χ1v) is 7.19.